The molecule has 1 aromatic carbocycles. The van der Waals surface area contributed by atoms with Gasteiger partial charge in [0, 0.05) is 11.3 Å². The van der Waals surface area contributed by atoms with Gasteiger partial charge in [0.1, 0.15) is 5.82 Å². The summed E-state index contributed by atoms with van der Waals surface area (Å²) in [4.78, 5) is 16.6. The third-order valence-corrected chi connectivity index (χ3v) is 5.81. The Hall–Kier alpha value is -1.53. The van der Waals surface area contributed by atoms with E-state index < -0.39 is 11.6 Å². The van der Waals surface area contributed by atoms with Crippen LogP contribution in [0.4, 0.5) is 0 Å². The number of aliphatic carboxylic acids is 1. The molecule has 1 saturated carbocycles. The number of benzene rings is 1. The summed E-state index contributed by atoms with van der Waals surface area (Å²) < 4.78 is 2.18. The Kier molecular flexibility index (Phi) is 5.35. The minimum absolute atomic E-state index is 0.0425. The Balaban J connectivity index is 1.98. The molecule has 0 spiro atoms. The maximum absolute atomic E-state index is 10.9. The number of aliphatic hydroxyl groups is 1. The van der Waals surface area contributed by atoms with Crippen molar-refractivity contribution < 1.29 is 15.0 Å². The number of hydrogen-bond acceptors (Lipinski definition) is 4. The zero-order chi connectivity index (χ0) is 18.9. The highest BCUT2D eigenvalue weighted by molar-refractivity contribution is 8.00. The number of aromatic nitrogens is 2. The fourth-order valence-corrected chi connectivity index (χ4v) is 4.31. The first-order valence-corrected chi connectivity index (χ1v) is 10.2. The minimum Gasteiger partial charge on any atom is -0.481 e. The predicted molar refractivity (Wildman–Crippen MR) is 105 cm³/mol. The van der Waals surface area contributed by atoms with E-state index in [9.17, 15) is 9.90 Å². The number of rotatable bonds is 6. The molecule has 0 saturated heterocycles. The van der Waals surface area contributed by atoms with Crippen molar-refractivity contribution in [2.45, 2.75) is 69.9 Å². The average molecular weight is 377 g/mol. The summed E-state index contributed by atoms with van der Waals surface area (Å²) in [6.07, 6.45) is 4.67. The standard InChI is InChI=1S/C20H28N2O3S/c1-19(2,3)11-17-21-15-10-14(26-12-18(23)24)6-7-16(15)22(17)13-20(25)8-4-5-9-20/h6-7,10,25H,4-5,8-9,11-13H2,1-3H3,(H,23,24). The minimum atomic E-state index is -0.822. The SMILES string of the molecule is CC(C)(C)Cc1nc2cc(SCC(=O)O)ccc2n1CC1(O)CCCC1. The Bertz CT molecular complexity index is 801. The molecule has 5 nitrogen and oxygen atoms in total. The van der Waals surface area contributed by atoms with Crippen LogP contribution in [0.25, 0.3) is 11.0 Å². The van der Waals surface area contributed by atoms with Crippen molar-refractivity contribution in [1.29, 1.82) is 0 Å². The van der Waals surface area contributed by atoms with Gasteiger partial charge in [-0.2, -0.15) is 0 Å². The first-order valence-electron chi connectivity index (χ1n) is 9.21. The van der Waals surface area contributed by atoms with Crippen molar-refractivity contribution in [3.63, 3.8) is 0 Å². The number of hydrogen-bond donors (Lipinski definition) is 2. The molecule has 0 amide bonds. The lowest BCUT2D eigenvalue weighted by Gasteiger charge is -2.26. The lowest BCUT2D eigenvalue weighted by Crippen LogP contribution is -2.31. The molecule has 0 unspecified atom stereocenters. The van der Waals surface area contributed by atoms with Crippen LogP contribution in [0.1, 0.15) is 52.3 Å². The second-order valence-electron chi connectivity index (χ2n) is 8.62. The Labute approximate surface area is 158 Å². The van der Waals surface area contributed by atoms with Gasteiger partial charge in [-0.15, -0.1) is 11.8 Å². The van der Waals surface area contributed by atoms with Gasteiger partial charge in [-0.3, -0.25) is 4.79 Å². The molecule has 0 atom stereocenters. The Morgan fingerprint density at radius 3 is 2.62 bits per heavy atom. The van der Waals surface area contributed by atoms with Gasteiger partial charge < -0.3 is 14.8 Å². The van der Waals surface area contributed by atoms with Crippen molar-refractivity contribution in [3.05, 3.63) is 24.0 Å². The number of carbonyl (C=O) groups is 1. The average Bonchev–Trinajstić information content (AvgIpc) is 3.08. The summed E-state index contributed by atoms with van der Waals surface area (Å²) in [7, 11) is 0. The highest BCUT2D eigenvalue weighted by Crippen LogP contribution is 2.34. The molecular formula is C20H28N2O3S. The topological polar surface area (TPSA) is 75.3 Å². The van der Waals surface area contributed by atoms with Crippen LogP contribution in [0.5, 0.6) is 0 Å². The maximum Gasteiger partial charge on any atom is 0.313 e. The highest BCUT2D eigenvalue weighted by Gasteiger charge is 2.33. The number of nitrogens with zero attached hydrogens (tertiary/aromatic N) is 2. The van der Waals surface area contributed by atoms with Crippen LogP contribution >= 0.6 is 11.8 Å². The van der Waals surface area contributed by atoms with Crippen molar-refractivity contribution in [2.24, 2.45) is 5.41 Å². The number of carboxylic acid groups (broad SMARTS) is 1. The zero-order valence-corrected chi connectivity index (χ0v) is 16.6. The molecule has 6 heteroatoms. The Morgan fingerprint density at radius 1 is 1.31 bits per heavy atom. The van der Waals surface area contributed by atoms with Crippen LogP contribution in [-0.4, -0.2) is 37.1 Å². The van der Waals surface area contributed by atoms with Crippen LogP contribution in [-0.2, 0) is 17.8 Å². The summed E-state index contributed by atoms with van der Waals surface area (Å²) >= 11 is 1.31. The zero-order valence-electron chi connectivity index (χ0n) is 15.8. The van der Waals surface area contributed by atoms with Gasteiger partial charge in [-0.25, -0.2) is 4.98 Å². The molecule has 142 valence electrons. The van der Waals surface area contributed by atoms with Gasteiger partial charge >= 0.3 is 5.97 Å². The normalized spacial score (nSPS) is 17.1. The van der Waals surface area contributed by atoms with Crippen LogP contribution in [0.15, 0.2) is 23.1 Å². The summed E-state index contributed by atoms with van der Waals surface area (Å²) in [5.41, 5.74) is 1.35. The van der Waals surface area contributed by atoms with E-state index in [1.54, 1.807) is 0 Å². The van der Waals surface area contributed by atoms with Crippen LogP contribution in [0.2, 0.25) is 0 Å². The summed E-state index contributed by atoms with van der Waals surface area (Å²) in [5.74, 6) is 0.214. The molecule has 3 rings (SSSR count). The molecule has 26 heavy (non-hydrogen) atoms. The lowest BCUT2D eigenvalue weighted by atomic mass is 9.91. The molecule has 2 N–H and O–H groups in total. The monoisotopic (exact) mass is 376 g/mol. The van der Waals surface area contributed by atoms with Crippen LogP contribution in [0.3, 0.4) is 0 Å². The number of fused-ring (bicyclic) bond motifs is 1. The molecule has 2 aromatic rings. The third-order valence-electron chi connectivity index (χ3n) is 4.84. The first kappa shape index (κ1) is 19.2. The fourth-order valence-electron chi connectivity index (χ4n) is 3.67. The molecule has 0 radical (unpaired) electrons. The molecule has 1 aliphatic rings. The second-order valence-corrected chi connectivity index (χ2v) is 9.66. The van der Waals surface area contributed by atoms with Gasteiger partial charge in [0.25, 0.3) is 0 Å². The molecule has 1 heterocycles. The smallest absolute Gasteiger partial charge is 0.313 e. The highest BCUT2D eigenvalue weighted by atomic mass is 32.2. The summed E-state index contributed by atoms with van der Waals surface area (Å²) in [6.45, 7) is 7.15. The lowest BCUT2D eigenvalue weighted by molar-refractivity contribution is -0.133. The molecule has 1 aliphatic carbocycles. The van der Waals surface area contributed by atoms with Crippen molar-refractivity contribution >= 4 is 28.8 Å². The number of imidazole rings is 1. The van der Waals surface area contributed by atoms with Gasteiger partial charge in [0.2, 0.25) is 0 Å². The quantitative estimate of drug-likeness (QED) is 0.742. The van der Waals surface area contributed by atoms with E-state index in [1.807, 2.05) is 18.2 Å². The van der Waals surface area contributed by atoms with Gasteiger partial charge in [-0.1, -0.05) is 33.6 Å². The van der Waals surface area contributed by atoms with Crippen molar-refractivity contribution in [3.8, 4) is 0 Å². The third kappa shape index (κ3) is 4.60. The van der Waals surface area contributed by atoms with Crippen molar-refractivity contribution in [1.82, 2.24) is 9.55 Å². The number of carboxylic acids is 1. The van der Waals surface area contributed by atoms with E-state index in [0.29, 0.717) is 6.54 Å². The Morgan fingerprint density at radius 2 is 2.00 bits per heavy atom. The number of thioether (sulfide) groups is 1. The van der Waals surface area contributed by atoms with Gasteiger partial charge in [0.05, 0.1) is 28.9 Å². The van der Waals surface area contributed by atoms with E-state index in [-0.39, 0.29) is 11.2 Å². The summed E-state index contributed by atoms with van der Waals surface area (Å²) in [5, 5.41) is 19.8. The van der Waals surface area contributed by atoms with E-state index in [0.717, 1.165) is 53.9 Å². The van der Waals surface area contributed by atoms with Crippen LogP contribution in [0, 0.1) is 5.41 Å². The summed E-state index contributed by atoms with van der Waals surface area (Å²) in [6, 6.07) is 5.93. The molecule has 0 bridgehead atoms. The molecular weight excluding hydrogens is 348 g/mol. The second kappa shape index (κ2) is 7.24. The molecule has 0 aliphatic heterocycles. The van der Waals surface area contributed by atoms with E-state index >= 15 is 0 Å². The maximum atomic E-state index is 10.9. The molecule has 1 fully saturated rings. The van der Waals surface area contributed by atoms with E-state index in [2.05, 4.69) is 25.3 Å². The van der Waals surface area contributed by atoms with Gasteiger partial charge in [0.15, 0.2) is 0 Å². The fraction of sp³-hybridized carbons (Fsp3) is 0.600. The van der Waals surface area contributed by atoms with Gasteiger partial charge in [-0.05, 0) is 36.5 Å². The van der Waals surface area contributed by atoms with E-state index in [1.165, 1.54) is 11.8 Å². The van der Waals surface area contributed by atoms with Crippen LogP contribution < -0.4 is 0 Å². The largest absolute Gasteiger partial charge is 0.481 e. The van der Waals surface area contributed by atoms with E-state index in [4.69, 9.17) is 10.1 Å². The van der Waals surface area contributed by atoms with Crippen molar-refractivity contribution in [2.75, 3.05) is 5.75 Å². The molecule has 1 aromatic heterocycles. The first-order chi connectivity index (χ1) is 12.2. The predicted octanol–water partition coefficient (Wildman–Crippen LogP) is 4.11.